The normalized spacial score (nSPS) is 10.4. The second kappa shape index (κ2) is 4.62. The van der Waals surface area contributed by atoms with E-state index >= 15 is 0 Å². The van der Waals surface area contributed by atoms with Gasteiger partial charge >= 0.3 is 0 Å². The van der Waals surface area contributed by atoms with Crippen LogP contribution in [0.15, 0.2) is 36.4 Å². The molecule has 1 nitrogen and oxygen atoms in total. The van der Waals surface area contributed by atoms with Crippen molar-refractivity contribution in [3.05, 3.63) is 53.1 Å². The monoisotopic (exact) mass is 226 g/mol. The number of hydrogen-bond acceptors (Lipinski definition) is 1. The van der Waals surface area contributed by atoms with Crippen LogP contribution < -0.4 is 4.74 Å². The molecule has 2 rings (SSSR count). The first-order valence-electron chi connectivity index (χ1n) is 5.84. The van der Waals surface area contributed by atoms with Gasteiger partial charge in [-0.2, -0.15) is 0 Å². The Morgan fingerprint density at radius 2 is 1.65 bits per heavy atom. The molecule has 0 N–H and O–H groups in total. The molecule has 1 heteroatoms. The van der Waals surface area contributed by atoms with Gasteiger partial charge in [-0.25, -0.2) is 0 Å². The molecule has 0 atom stereocenters. The van der Waals surface area contributed by atoms with Crippen LogP contribution >= 0.6 is 0 Å². The number of hydrogen-bond donors (Lipinski definition) is 0. The zero-order valence-corrected chi connectivity index (χ0v) is 10.9. The summed E-state index contributed by atoms with van der Waals surface area (Å²) in [7, 11) is 1.72. The highest BCUT2D eigenvalue weighted by Gasteiger charge is 2.10. The lowest BCUT2D eigenvalue weighted by Crippen LogP contribution is -1.93. The molecular formula is C16H18O. The second-order valence-corrected chi connectivity index (χ2v) is 4.47. The van der Waals surface area contributed by atoms with Crippen LogP contribution in [0.3, 0.4) is 0 Å². The van der Waals surface area contributed by atoms with Crippen molar-refractivity contribution in [1.82, 2.24) is 0 Å². The van der Waals surface area contributed by atoms with Crippen molar-refractivity contribution >= 4 is 0 Å². The van der Waals surface area contributed by atoms with E-state index in [9.17, 15) is 0 Å². The van der Waals surface area contributed by atoms with E-state index in [0.29, 0.717) is 0 Å². The van der Waals surface area contributed by atoms with Crippen LogP contribution in [0.2, 0.25) is 0 Å². The van der Waals surface area contributed by atoms with Crippen molar-refractivity contribution in [3.63, 3.8) is 0 Å². The maximum atomic E-state index is 5.47. The molecule has 0 aromatic heterocycles. The van der Waals surface area contributed by atoms with Crippen LogP contribution in [-0.4, -0.2) is 7.11 Å². The molecule has 0 aliphatic rings. The molecule has 88 valence electrons. The molecule has 0 bridgehead atoms. The number of ether oxygens (including phenoxy) is 1. The second-order valence-electron chi connectivity index (χ2n) is 4.47. The summed E-state index contributed by atoms with van der Waals surface area (Å²) in [4.78, 5) is 0. The molecule has 2 aromatic carbocycles. The fourth-order valence-electron chi connectivity index (χ4n) is 2.25. The zero-order valence-electron chi connectivity index (χ0n) is 10.9. The van der Waals surface area contributed by atoms with Crippen molar-refractivity contribution in [3.8, 4) is 16.9 Å². The first kappa shape index (κ1) is 11.7. The van der Waals surface area contributed by atoms with Crippen LogP contribution in [0, 0.1) is 20.8 Å². The van der Waals surface area contributed by atoms with Gasteiger partial charge in [0.15, 0.2) is 0 Å². The number of aryl methyl sites for hydroxylation is 3. The van der Waals surface area contributed by atoms with Crippen LogP contribution in [0.25, 0.3) is 11.1 Å². The van der Waals surface area contributed by atoms with E-state index in [1.807, 2.05) is 12.1 Å². The number of rotatable bonds is 2. The standard InChI is InChI=1S/C16H18O/c1-11-8-9-14(13(3)10-11)16-12(2)6-5-7-15(16)17-4/h5-10H,1-4H3. The summed E-state index contributed by atoms with van der Waals surface area (Å²) in [6.45, 7) is 6.39. The van der Waals surface area contributed by atoms with E-state index in [4.69, 9.17) is 4.74 Å². The summed E-state index contributed by atoms with van der Waals surface area (Å²) in [6, 6.07) is 12.7. The average Bonchev–Trinajstić information content (AvgIpc) is 2.30. The predicted octanol–water partition coefficient (Wildman–Crippen LogP) is 4.29. The quantitative estimate of drug-likeness (QED) is 0.742. The summed E-state index contributed by atoms with van der Waals surface area (Å²) in [5.74, 6) is 0.942. The molecule has 0 aliphatic carbocycles. The molecule has 0 spiro atoms. The lowest BCUT2D eigenvalue weighted by molar-refractivity contribution is 0.416. The van der Waals surface area contributed by atoms with Crippen LogP contribution in [0.1, 0.15) is 16.7 Å². The van der Waals surface area contributed by atoms with Gasteiger partial charge in [-0.3, -0.25) is 0 Å². The molecule has 0 saturated carbocycles. The van der Waals surface area contributed by atoms with Crippen molar-refractivity contribution in [2.24, 2.45) is 0 Å². The van der Waals surface area contributed by atoms with E-state index < -0.39 is 0 Å². The minimum Gasteiger partial charge on any atom is -0.496 e. The van der Waals surface area contributed by atoms with Gasteiger partial charge in [0.25, 0.3) is 0 Å². The Morgan fingerprint density at radius 3 is 2.29 bits per heavy atom. The fourth-order valence-corrected chi connectivity index (χ4v) is 2.25. The highest BCUT2D eigenvalue weighted by Crippen LogP contribution is 2.35. The Bertz CT molecular complexity index is 541. The molecule has 0 amide bonds. The summed E-state index contributed by atoms with van der Waals surface area (Å²) < 4.78 is 5.47. The summed E-state index contributed by atoms with van der Waals surface area (Å²) in [5, 5.41) is 0. The average molecular weight is 226 g/mol. The van der Waals surface area contributed by atoms with Gasteiger partial charge in [-0.1, -0.05) is 35.9 Å². The third kappa shape index (κ3) is 2.19. The summed E-state index contributed by atoms with van der Waals surface area (Å²) in [6.07, 6.45) is 0. The van der Waals surface area contributed by atoms with Crippen LogP contribution in [-0.2, 0) is 0 Å². The lowest BCUT2D eigenvalue weighted by Gasteiger charge is -2.14. The Morgan fingerprint density at radius 1 is 0.882 bits per heavy atom. The Kier molecular flexibility index (Phi) is 3.19. The van der Waals surface area contributed by atoms with Gasteiger partial charge in [-0.05, 0) is 43.5 Å². The van der Waals surface area contributed by atoms with E-state index in [-0.39, 0.29) is 0 Å². The largest absolute Gasteiger partial charge is 0.496 e. The van der Waals surface area contributed by atoms with Crippen molar-refractivity contribution in [2.45, 2.75) is 20.8 Å². The van der Waals surface area contributed by atoms with E-state index in [0.717, 1.165) is 5.75 Å². The van der Waals surface area contributed by atoms with Crippen LogP contribution in [0.5, 0.6) is 5.75 Å². The molecule has 0 unspecified atom stereocenters. The molecule has 0 fully saturated rings. The maximum Gasteiger partial charge on any atom is 0.126 e. The Labute approximate surface area is 103 Å². The minimum atomic E-state index is 0.942. The topological polar surface area (TPSA) is 9.23 Å². The van der Waals surface area contributed by atoms with Gasteiger partial charge in [-0.15, -0.1) is 0 Å². The third-order valence-corrected chi connectivity index (χ3v) is 3.11. The SMILES string of the molecule is COc1cccc(C)c1-c1ccc(C)cc1C. The molecule has 0 heterocycles. The van der Waals surface area contributed by atoms with Crippen molar-refractivity contribution in [2.75, 3.05) is 7.11 Å². The van der Waals surface area contributed by atoms with Crippen LogP contribution in [0.4, 0.5) is 0 Å². The smallest absolute Gasteiger partial charge is 0.126 e. The zero-order chi connectivity index (χ0) is 12.4. The van der Waals surface area contributed by atoms with E-state index in [2.05, 4.69) is 45.0 Å². The van der Waals surface area contributed by atoms with Gasteiger partial charge in [0.05, 0.1) is 7.11 Å². The fraction of sp³-hybridized carbons (Fsp3) is 0.250. The van der Waals surface area contributed by atoms with Crippen molar-refractivity contribution < 1.29 is 4.74 Å². The molecule has 17 heavy (non-hydrogen) atoms. The lowest BCUT2D eigenvalue weighted by atomic mass is 9.94. The van der Waals surface area contributed by atoms with Gasteiger partial charge < -0.3 is 4.74 Å². The van der Waals surface area contributed by atoms with Gasteiger partial charge in [0.2, 0.25) is 0 Å². The number of methoxy groups -OCH3 is 1. The molecule has 0 aliphatic heterocycles. The summed E-state index contributed by atoms with van der Waals surface area (Å²) >= 11 is 0. The molecular weight excluding hydrogens is 208 g/mol. The van der Waals surface area contributed by atoms with Gasteiger partial charge in [0.1, 0.15) is 5.75 Å². The minimum absolute atomic E-state index is 0.942. The van der Waals surface area contributed by atoms with E-state index in [1.165, 1.54) is 27.8 Å². The Hall–Kier alpha value is -1.76. The first-order valence-corrected chi connectivity index (χ1v) is 5.84. The predicted molar refractivity (Wildman–Crippen MR) is 72.6 cm³/mol. The Balaban J connectivity index is 2.67. The van der Waals surface area contributed by atoms with Gasteiger partial charge in [0, 0.05) is 5.56 Å². The number of benzene rings is 2. The molecule has 0 saturated heterocycles. The molecule has 0 radical (unpaired) electrons. The molecule has 2 aromatic rings. The third-order valence-electron chi connectivity index (χ3n) is 3.11. The highest BCUT2D eigenvalue weighted by molar-refractivity contribution is 5.76. The van der Waals surface area contributed by atoms with Crippen molar-refractivity contribution in [1.29, 1.82) is 0 Å². The maximum absolute atomic E-state index is 5.47. The van der Waals surface area contributed by atoms with E-state index in [1.54, 1.807) is 7.11 Å². The summed E-state index contributed by atoms with van der Waals surface area (Å²) in [5.41, 5.74) is 6.28. The first-order chi connectivity index (χ1) is 8.13. The highest BCUT2D eigenvalue weighted by atomic mass is 16.5.